The van der Waals surface area contributed by atoms with Gasteiger partial charge >= 0.3 is 12.3 Å². The van der Waals surface area contributed by atoms with Gasteiger partial charge in [0.1, 0.15) is 23.7 Å². The van der Waals surface area contributed by atoms with E-state index in [1.54, 1.807) is 11.4 Å². The molecule has 9 heteroatoms. The first kappa shape index (κ1) is 13.9. The summed E-state index contributed by atoms with van der Waals surface area (Å²) in [5, 5.41) is 1.66. The fourth-order valence-corrected chi connectivity index (χ4v) is 2.06. The second-order valence-electron chi connectivity index (χ2n) is 3.70. The number of aromatic amines is 1. The molecule has 0 aliphatic carbocycles. The second-order valence-corrected chi connectivity index (χ2v) is 4.62. The van der Waals surface area contributed by atoms with Crippen molar-refractivity contribution in [2.45, 2.75) is 19.0 Å². The van der Waals surface area contributed by atoms with Gasteiger partial charge in [-0.05, 0) is 11.4 Å². The Morgan fingerprint density at radius 2 is 2.21 bits per heavy atom. The molecule has 0 atom stereocenters. The lowest BCUT2D eigenvalue weighted by Crippen LogP contribution is -2.32. The quantitative estimate of drug-likeness (QED) is 0.862. The van der Waals surface area contributed by atoms with E-state index in [1.807, 2.05) is 0 Å². The van der Waals surface area contributed by atoms with Crippen LogP contribution in [-0.2, 0) is 11.3 Å². The van der Waals surface area contributed by atoms with Crippen molar-refractivity contribution < 1.29 is 22.3 Å². The number of alkyl halides is 4. The van der Waals surface area contributed by atoms with E-state index in [0.717, 1.165) is 0 Å². The molecule has 0 aromatic carbocycles. The Labute approximate surface area is 108 Å². The second kappa shape index (κ2) is 5.25. The third-order valence-corrected chi connectivity index (χ3v) is 3.12. The minimum Gasteiger partial charge on any atom is -0.367 e. The number of hydrogen-bond acceptors (Lipinski definition) is 4. The standard InChI is InChI=1S/C10H8F4N2O2S/c11-9(12)10(13,14)4-18-3-6-15-5-1-2-19-7(5)8(17)16-6/h1-2,9H,3-4H2,(H,15,16,17). The summed E-state index contributed by atoms with van der Waals surface area (Å²) in [4.78, 5) is 17.8. The van der Waals surface area contributed by atoms with Crippen LogP contribution in [0.15, 0.2) is 16.2 Å². The molecule has 0 spiro atoms. The molecule has 0 bridgehead atoms. The van der Waals surface area contributed by atoms with Gasteiger partial charge in [-0.15, -0.1) is 11.3 Å². The number of hydrogen-bond donors (Lipinski definition) is 1. The van der Waals surface area contributed by atoms with Gasteiger partial charge in [-0.3, -0.25) is 4.79 Å². The van der Waals surface area contributed by atoms with Crippen LogP contribution in [0, 0.1) is 0 Å². The van der Waals surface area contributed by atoms with Gasteiger partial charge in [0.25, 0.3) is 5.56 Å². The van der Waals surface area contributed by atoms with Crippen LogP contribution in [0.25, 0.3) is 10.2 Å². The first-order chi connectivity index (χ1) is 8.90. The predicted octanol–water partition coefficient (Wildman–Crippen LogP) is 2.40. The highest BCUT2D eigenvalue weighted by Gasteiger charge is 2.40. The van der Waals surface area contributed by atoms with Crippen LogP contribution in [0.5, 0.6) is 0 Å². The molecule has 0 fully saturated rings. The van der Waals surface area contributed by atoms with Crippen molar-refractivity contribution in [2.75, 3.05) is 6.61 Å². The predicted molar refractivity (Wildman–Crippen MR) is 60.8 cm³/mol. The number of halogens is 4. The molecule has 1 N–H and O–H groups in total. The fraction of sp³-hybridized carbons (Fsp3) is 0.400. The first-order valence-electron chi connectivity index (χ1n) is 5.10. The van der Waals surface area contributed by atoms with Crippen molar-refractivity contribution >= 4 is 21.6 Å². The minimum absolute atomic E-state index is 0.0148. The van der Waals surface area contributed by atoms with E-state index >= 15 is 0 Å². The van der Waals surface area contributed by atoms with E-state index in [-0.39, 0.29) is 5.82 Å². The SMILES string of the molecule is O=c1[nH]c(COCC(F)(F)C(F)F)nc2ccsc12. The van der Waals surface area contributed by atoms with E-state index in [0.29, 0.717) is 10.2 Å². The summed E-state index contributed by atoms with van der Waals surface area (Å²) in [6, 6.07) is 1.59. The third kappa shape index (κ3) is 3.10. The molecular formula is C10H8F4N2O2S. The van der Waals surface area contributed by atoms with Gasteiger partial charge in [0.05, 0.1) is 5.52 Å². The maximum atomic E-state index is 12.6. The molecule has 0 saturated heterocycles. The van der Waals surface area contributed by atoms with Crippen LogP contribution in [0.2, 0.25) is 0 Å². The lowest BCUT2D eigenvalue weighted by molar-refractivity contribution is -0.168. The normalized spacial score (nSPS) is 12.5. The zero-order valence-corrected chi connectivity index (χ0v) is 10.1. The summed E-state index contributed by atoms with van der Waals surface area (Å²) in [5.74, 6) is -4.20. The smallest absolute Gasteiger partial charge is 0.330 e. The summed E-state index contributed by atoms with van der Waals surface area (Å²) in [6.45, 7) is -1.90. The van der Waals surface area contributed by atoms with Crippen molar-refractivity contribution in [3.8, 4) is 0 Å². The Balaban J connectivity index is 2.04. The average Bonchev–Trinajstić information content (AvgIpc) is 2.77. The maximum Gasteiger partial charge on any atom is 0.330 e. The number of H-pyrrole nitrogens is 1. The van der Waals surface area contributed by atoms with E-state index in [2.05, 4.69) is 14.7 Å². The molecule has 0 amide bonds. The van der Waals surface area contributed by atoms with E-state index < -0.39 is 31.1 Å². The molecular weight excluding hydrogens is 288 g/mol. The molecule has 2 heterocycles. The Hall–Kier alpha value is -1.48. The Kier molecular flexibility index (Phi) is 3.85. The van der Waals surface area contributed by atoms with Crippen molar-refractivity contribution in [1.82, 2.24) is 9.97 Å². The largest absolute Gasteiger partial charge is 0.367 e. The van der Waals surface area contributed by atoms with Gasteiger partial charge in [0.15, 0.2) is 0 Å². The fourth-order valence-electron chi connectivity index (χ4n) is 1.34. The molecule has 0 unspecified atom stereocenters. The molecule has 2 aromatic heterocycles. The Bertz CT molecular complexity index is 625. The van der Waals surface area contributed by atoms with Gasteiger partial charge in [-0.2, -0.15) is 8.78 Å². The summed E-state index contributed by atoms with van der Waals surface area (Å²) >= 11 is 1.19. The number of thiophene rings is 1. The van der Waals surface area contributed by atoms with Gasteiger partial charge in [0, 0.05) is 0 Å². The molecule has 0 aliphatic rings. The van der Waals surface area contributed by atoms with Crippen molar-refractivity contribution in [3.63, 3.8) is 0 Å². The molecule has 2 aromatic rings. The Morgan fingerprint density at radius 1 is 1.47 bits per heavy atom. The molecule has 104 valence electrons. The maximum absolute atomic E-state index is 12.6. The molecule has 0 saturated carbocycles. The highest BCUT2D eigenvalue weighted by Crippen LogP contribution is 2.23. The number of fused-ring (bicyclic) bond motifs is 1. The van der Waals surface area contributed by atoms with Gasteiger partial charge in [-0.25, -0.2) is 13.8 Å². The average molecular weight is 296 g/mol. The summed E-state index contributed by atoms with van der Waals surface area (Å²) < 4.78 is 53.7. The summed E-state index contributed by atoms with van der Waals surface area (Å²) in [6.07, 6.45) is -3.79. The number of rotatable bonds is 5. The highest BCUT2D eigenvalue weighted by atomic mass is 32.1. The zero-order chi connectivity index (χ0) is 14.0. The van der Waals surface area contributed by atoms with Crippen LogP contribution in [0.4, 0.5) is 17.6 Å². The molecule has 0 aliphatic heterocycles. The topological polar surface area (TPSA) is 55.0 Å². The molecule has 0 radical (unpaired) electrons. The number of nitrogens with zero attached hydrogens (tertiary/aromatic N) is 1. The van der Waals surface area contributed by atoms with Gasteiger partial charge < -0.3 is 9.72 Å². The van der Waals surface area contributed by atoms with E-state index in [9.17, 15) is 22.4 Å². The van der Waals surface area contributed by atoms with Crippen molar-refractivity contribution in [1.29, 1.82) is 0 Å². The van der Waals surface area contributed by atoms with Gasteiger partial charge in [0.2, 0.25) is 0 Å². The van der Waals surface area contributed by atoms with E-state index in [1.165, 1.54) is 11.3 Å². The van der Waals surface area contributed by atoms with Crippen LogP contribution in [0.1, 0.15) is 5.82 Å². The molecule has 2 rings (SSSR count). The first-order valence-corrected chi connectivity index (χ1v) is 5.98. The molecule has 4 nitrogen and oxygen atoms in total. The van der Waals surface area contributed by atoms with Crippen LogP contribution in [-0.4, -0.2) is 28.9 Å². The van der Waals surface area contributed by atoms with E-state index in [4.69, 9.17) is 0 Å². The zero-order valence-electron chi connectivity index (χ0n) is 9.33. The van der Waals surface area contributed by atoms with Crippen LogP contribution in [0.3, 0.4) is 0 Å². The Morgan fingerprint density at radius 3 is 2.89 bits per heavy atom. The highest BCUT2D eigenvalue weighted by molar-refractivity contribution is 7.17. The van der Waals surface area contributed by atoms with Crippen LogP contribution < -0.4 is 5.56 Å². The number of aromatic nitrogens is 2. The van der Waals surface area contributed by atoms with Crippen molar-refractivity contribution in [2.24, 2.45) is 0 Å². The number of ether oxygens (including phenoxy) is 1. The summed E-state index contributed by atoms with van der Waals surface area (Å²) in [7, 11) is 0. The molecule has 19 heavy (non-hydrogen) atoms. The van der Waals surface area contributed by atoms with Crippen molar-refractivity contribution in [3.05, 3.63) is 27.6 Å². The lowest BCUT2D eigenvalue weighted by Gasteiger charge is -2.14. The third-order valence-electron chi connectivity index (χ3n) is 2.22. The monoisotopic (exact) mass is 296 g/mol. The minimum atomic E-state index is -4.22. The summed E-state index contributed by atoms with van der Waals surface area (Å²) in [5.41, 5.74) is -0.00723. The lowest BCUT2D eigenvalue weighted by atomic mass is 10.4. The van der Waals surface area contributed by atoms with Gasteiger partial charge in [-0.1, -0.05) is 0 Å². The van der Waals surface area contributed by atoms with Crippen LogP contribution >= 0.6 is 11.3 Å². The number of nitrogens with one attached hydrogen (secondary N) is 1.